The zero-order valence-electron chi connectivity index (χ0n) is 18.6. The minimum Gasteiger partial charge on any atom is -0.481 e. The third kappa shape index (κ3) is 6.45. The van der Waals surface area contributed by atoms with Crippen molar-refractivity contribution < 1.29 is 33.7 Å². The first-order valence-corrected chi connectivity index (χ1v) is 10.7. The molecule has 0 aliphatic carbocycles. The summed E-state index contributed by atoms with van der Waals surface area (Å²) in [6.07, 6.45) is 1.07. The molecule has 2 atom stereocenters. The van der Waals surface area contributed by atoms with E-state index in [0.29, 0.717) is 30.0 Å². The molecule has 176 valence electrons. The van der Waals surface area contributed by atoms with Gasteiger partial charge in [-0.2, -0.15) is 0 Å². The monoisotopic (exact) mass is 456 g/mol. The Hall–Kier alpha value is -3.59. The van der Waals surface area contributed by atoms with Gasteiger partial charge in [0, 0.05) is 11.3 Å². The van der Waals surface area contributed by atoms with Gasteiger partial charge in [0.2, 0.25) is 6.79 Å². The Bertz CT molecular complexity index is 1010. The molecule has 0 amide bonds. The van der Waals surface area contributed by atoms with Crippen LogP contribution in [0.25, 0.3) is 0 Å². The van der Waals surface area contributed by atoms with Crippen LogP contribution in [-0.4, -0.2) is 55.4 Å². The molecule has 0 fully saturated rings. The SMILES string of the molecule is COC(=O)C(C)Nc1ccccc1C(=O)[C@H](CC(=O)O)NCCCc1ccc2c(c1)OCO2. The van der Waals surface area contributed by atoms with Crippen molar-refractivity contribution in [1.29, 1.82) is 0 Å². The smallest absolute Gasteiger partial charge is 0.327 e. The fraction of sp³-hybridized carbons (Fsp3) is 0.375. The second-order valence-corrected chi connectivity index (χ2v) is 7.69. The number of rotatable bonds is 12. The van der Waals surface area contributed by atoms with Gasteiger partial charge in [-0.1, -0.05) is 18.2 Å². The number of hydrogen-bond acceptors (Lipinski definition) is 8. The van der Waals surface area contributed by atoms with Crippen LogP contribution in [0.1, 0.15) is 35.7 Å². The quantitative estimate of drug-likeness (QED) is 0.251. The lowest BCUT2D eigenvalue weighted by Crippen LogP contribution is -2.40. The van der Waals surface area contributed by atoms with Crippen LogP contribution >= 0.6 is 0 Å². The molecule has 0 saturated carbocycles. The van der Waals surface area contributed by atoms with Crippen LogP contribution < -0.4 is 20.1 Å². The zero-order chi connectivity index (χ0) is 23.8. The van der Waals surface area contributed by atoms with E-state index in [2.05, 4.69) is 10.6 Å². The van der Waals surface area contributed by atoms with E-state index in [4.69, 9.17) is 14.2 Å². The number of carbonyl (C=O) groups is 3. The van der Waals surface area contributed by atoms with Crippen LogP contribution in [0.3, 0.4) is 0 Å². The molecule has 1 aliphatic heterocycles. The lowest BCUT2D eigenvalue weighted by molar-refractivity contribution is -0.141. The summed E-state index contributed by atoms with van der Waals surface area (Å²) >= 11 is 0. The molecule has 9 heteroatoms. The number of carboxylic acids is 1. The topological polar surface area (TPSA) is 123 Å². The van der Waals surface area contributed by atoms with E-state index < -0.39 is 24.0 Å². The van der Waals surface area contributed by atoms with E-state index in [1.807, 2.05) is 18.2 Å². The average Bonchev–Trinajstić information content (AvgIpc) is 3.28. The Labute approximate surface area is 192 Å². The van der Waals surface area contributed by atoms with Gasteiger partial charge in [-0.05, 0) is 56.1 Å². The maximum Gasteiger partial charge on any atom is 0.327 e. The first-order chi connectivity index (χ1) is 15.9. The molecule has 3 N–H and O–H groups in total. The van der Waals surface area contributed by atoms with Crippen molar-refractivity contribution >= 4 is 23.4 Å². The summed E-state index contributed by atoms with van der Waals surface area (Å²) < 4.78 is 15.4. The fourth-order valence-electron chi connectivity index (χ4n) is 3.58. The fourth-order valence-corrected chi connectivity index (χ4v) is 3.58. The number of nitrogens with one attached hydrogen (secondary N) is 2. The first kappa shape index (κ1) is 24.1. The van der Waals surface area contributed by atoms with E-state index in [1.54, 1.807) is 31.2 Å². The minimum atomic E-state index is -1.08. The number of carbonyl (C=O) groups excluding carboxylic acids is 2. The van der Waals surface area contributed by atoms with Crippen LogP contribution in [0.4, 0.5) is 5.69 Å². The highest BCUT2D eigenvalue weighted by molar-refractivity contribution is 6.06. The van der Waals surface area contributed by atoms with Crippen molar-refractivity contribution in [2.45, 2.75) is 38.3 Å². The molecule has 0 spiro atoms. The summed E-state index contributed by atoms with van der Waals surface area (Å²) in [5.41, 5.74) is 1.81. The van der Waals surface area contributed by atoms with Gasteiger partial charge >= 0.3 is 11.9 Å². The van der Waals surface area contributed by atoms with Crippen molar-refractivity contribution in [3.63, 3.8) is 0 Å². The number of esters is 1. The van der Waals surface area contributed by atoms with Gasteiger partial charge < -0.3 is 30.0 Å². The van der Waals surface area contributed by atoms with Gasteiger partial charge in [0.1, 0.15) is 6.04 Å². The number of ether oxygens (including phenoxy) is 3. The Morgan fingerprint density at radius 3 is 2.64 bits per heavy atom. The second kappa shape index (κ2) is 11.3. The molecule has 0 aromatic heterocycles. The number of carboxylic acid groups (broad SMARTS) is 1. The summed E-state index contributed by atoms with van der Waals surface area (Å²) in [6.45, 7) is 2.29. The lowest BCUT2D eigenvalue weighted by Gasteiger charge is -2.20. The molecule has 1 aliphatic rings. The predicted octanol–water partition coefficient (Wildman–Crippen LogP) is 2.64. The number of ketones is 1. The van der Waals surface area contributed by atoms with Gasteiger partial charge in [-0.15, -0.1) is 0 Å². The summed E-state index contributed by atoms with van der Waals surface area (Å²) in [6, 6.07) is 10.9. The van der Waals surface area contributed by atoms with Crippen LogP contribution in [0.2, 0.25) is 0 Å². The van der Waals surface area contributed by atoms with E-state index in [-0.39, 0.29) is 19.0 Å². The first-order valence-electron chi connectivity index (χ1n) is 10.7. The molecular weight excluding hydrogens is 428 g/mol. The van der Waals surface area contributed by atoms with Gasteiger partial charge in [0.15, 0.2) is 17.3 Å². The number of fused-ring (bicyclic) bond motifs is 1. The number of methoxy groups -OCH3 is 1. The highest BCUT2D eigenvalue weighted by Crippen LogP contribution is 2.32. The van der Waals surface area contributed by atoms with Crippen molar-refractivity contribution in [1.82, 2.24) is 5.32 Å². The number of anilines is 1. The Morgan fingerprint density at radius 2 is 1.88 bits per heavy atom. The molecule has 2 aromatic rings. The molecule has 9 nitrogen and oxygen atoms in total. The van der Waals surface area contributed by atoms with Crippen LogP contribution in [0.15, 0.2) is 42.5 Å². The molecule has 0 bridgehead atoms. The van der Waals surface area contributed by atoms with Crippen LogP contribution in [0, 0.1) is 0 Å². The van der Waals surface area contributed by atoms with Crippen molar-refractivity contribution in [2.24, 2.45) is 0 Å². The van der Waals surface area contributed by atoms with Crippen molar-refractivity contribution in [3.8, 4) is 11.5 Å². The number of hydrogen-bond donors (Lipinski definition) is 3. The van der Waals surface area contributed by atoms with Gasteiger partial charge in [-0.3, -0.25) is 9.59 Å². The molecule has 0 saturated heterocycles. The maximum absolute atomic E-state index is 13.2. The Kier molecular flexibility index (Phi) is 8.26. The third-order valence-corrected chi connectivity index (χ3v) is 5.28. The normalized spacial score (nSPS) is 13.8. The highest BCUT2D eigenvalue weighted by Gasteiger charge is 2.25. The molecule has 33 heavy (non-hydrogen) atoms. The number of aryl methyl sites for hydroxylation is 1. The third-order valence-electron chi connectivity index (χ3n) is 5.28. The number of para-hydroxylation sites is 1. The molecule has 0 radical (unpaired) electrons. The van der Waals surface area contributed by atoms with Gasteiger partial charge in [0.05, 0.1) is 19.6 Å². The molecule has 1 heterocycles. The summed E-state index contributed by atoms with van der Waals surface area (Å²) in [5.74, 6) is -0.478. The van der Waals surface area contributed by atoms with E-state index in [0.717, 1.165) is 17.7 Å². The lowest BCUT2D eigenvalue weighted by atomic mass is 9.99. The maximum atomic E-state index is 13.2. The van der Waals surface area contributed by atoms with Crippen LogP contribution in [0.5, 0.6) is 11.5 Å². The van der Waals surface area contributed by atoms with Crippen molar-refractivity contribution in [3.05, 3.63) is 53.6 Å². The Balaban J connectivity index is 1.63. The van der Waals surface area contributed by atoms with E-state index >= 15 is 0 Å². The largest absolute Gasteiger partial charge is 0.481 e. The standard InChI is InChI=1S/C24H28N2O7/c1-15(24(30)31-2)26-18-8-4-3-7-17(18)23(29)19(13-22(27)28)25-11-5-6-16-9-10-20-21(12-16)33-14-32-20/h3-4,7-10,12,15,19,25-26H,5-6,11,13-14H2,1-2H3,(H,27,28)/t15?,19-/m0/s1. The molecule has 1 unspecified atom stereocenters. The number of aliphatic carboxylic acids is 1. The summed E-state index contributed by atoms with van der Waals surface area (Å²) in [7, 11) is 1.29. The predicted molar refractivity (Wildman–Crippen MR) is 121 cm³/mol. The van der Waals surface area contributed by atoms with Gasteiger partial charge in [-0.25, -0.2) is 4.79 Å². The Morgan fingerprint density at radius 1 is 1.12 bits per heavy atom. The van der Waals surface area contributed by atoms with Crippen LogP contribution in [-0.2, 0) is 20.7 Å². The summed E-state index contributed by atoms with van der Waals surface area (Å²) in [4.78, 5) is 36.4. The van der Waals surface area contributed by atoms with E-state index in [9.17, 15) is 19.5 Å². The summed E-state index contributed by atoms with van der Waals surface area (Å²) in [5, 5.41) is 15.4. The zero-order valence-corrected chi connectivity index (χ0v) is 18.6. The highest BCUT2D eigenvalue weighted by atomic mass is 16.7. The van der Waals surface area contributed by atoms with Crippen molar-refractivity contribution in [2.75, 3.05) is 25.8 Å². The molecule has 3 rings (SSSR count). The molecular formula is C24H28N2O7. The number of Topliss-reactive ketones (excluding diaryl/α,β-unsaturated/α-hetero) is 1. The number of benzene rings is 2. The molecule has 2 aromatic carbocycles. The second-order valence-electron chi connectivity index (χ2n) is 7.69. The average molecular weight is 456 g/mol. The minimum absolute atomic E-state index is 0.216. The van der Waals surface area contributed by atoms with Gasteiger partial charge in [0.25, 0.3) is 0 Å². The van der Waals surface area contributed by atoms with E-state index in [1.165, 1.54) is 7.11 Å².